The Morgan fingerprint density at radius 3 is 2.61 bits per heavy atom. The SMILES string of the molecule is CC1(C)OB(c2cc(C(C=NC[C@H]3COCCO3)=CN)cnc2N)OC1(C)C. The fraction of sp³-hybridized carbons (Fsp3) is 0.579. The van der Waals surface area contributed by atoms with Gasteiger partial charge in [0.05, 0.1) is 37.6 Å². The zero-order chi connectivity index (χ0) is 20.4. The lowest BCUT2D eigenvalue weighted by atomic mass is 9.78. The van der Waals surface area contributed by atoms with E-state index in [1.807, 2.05) is 33.8 Å². The van der Waals surface area contributed by atoms with Gasteiger partial charge in [0.15, 0.2) is 0 Å². The summed E-state index contributed by atoms with van der Waals surface area (Å²) in [6.07, 6.45) is 4.82. The highest BCUT2D eigenvalue weighted by Crippen LogP contribution is 2.36. The summed E-state index contributed by atoms with van der Waals surface area (Å²) in [5.41, 5.74) is 13.2. The van der Waals surface area contributed by atoms with Crippen molar-refractivity contribution in [2.24, 2.45) is 10.7 Å². The molecule has 9 heteroatoms. The lowest BCUT2D eigenvalue weighted by Gasteiger charge is -2.32. The topological polar surface area (TPSA) is 114 Å². The fourth-order valence-electron chi connectivity index (χ4n) is 2.93. The molecule has 0 radical (unpaired) electrons. The first-order valence-electron chi connectivity index (χ1n) is 9.46. The summed E-state index contributed by atoms with van der Waals surface area (Å²) in [5, 5.41) is 0. The number of rotatable bonds is 5. The third-order valence-corrected chi connectivity index (χ3v) is 5.39. The van der Waals surface area contributed by atoms with Crippen LogP contribution in [0.5, 0.6) is 0 Å². The van der Waals surface area contributed by atoms with Gasteiger partial charge in [0, 0.05) is 35.2 Å². The molecular formula is C19H29BN4O4. The molecule has 0 aromatic carbocycles. The van der Waals surface area contributed by atoms with Crippen LogP contribution in [-0.2, 0) is 18.8 Å². The molecule has 3 heterocycles. The predicted molar refractivity (Wildman–Crippen MR) is 110 cm³/mol. The van der Waals surface area contributed by atoms with E-state index in [1.54, 1.807) is 12.4 Å². The Morgan fingerprint density at radius 1 is 1.29 bits per heavy atom. The van der Waals surface area contributed by atoms with Crippen LogP contribution in [-0.4, -0.2) is 62.0 Å². The first kappa shape index (κ1) is 20.8. The molecule has 152 valence electrons. The Hall–Kier alpha value is -1.94. The van der Waals surface area contributed by atoms with E-state index in [0.29, 0.717) is 37.6 Å². The monoisotopic (exact) mass is 388 g/mol. The van der Waals surface area contributed by atoms with Crippen LogP contribution in [0.2, 0.25) is 0 Å². The highest BCUT2D eigenvalue weighted by atomic mass is 16.7. The zero-order valence-electron chi connectivity index (χ0n) is 17.0. The summed E-state index contributed by atoms with van der Waals surface area (Å²) in [4.78, 5) is 8.74. The molecule has 2 fully saturated rings. The number of hydrogen-bond donors (Lipinski definition) is 2. The first-order chi connectivity index (χ1) is 13.2. The van der Waals surface area contributed by atoms with Crippen molar-refractivity contribution in [3.05, 3.63) is 24.0 Å². The molecular weight excluding hydrogens is 359 g/mol. The van der Waals surface area contributed by atoms with Crippen LogP contribution in [0.3, 0.4) is 0 Å². The number of aliphatic imine (C=N–C) groups is 1. The number of nitrogens with zero attached hydrogens (tertiary/aromatic N) is 2. The molecule has 2 aliphatic rings. The van der Waals surface area contributed by atoms with Crippen LogP contribution in [0.1, 0.15) is 33.3 Å². The van der Waals surface area contributed by atoms with Gasteiger partial charge in [-0.3, -0.25) is 4.99 Å². The minimum absolute atomic E-state index is 0.0334. The minimum atomic E-state index is -0.596. The maximum atomic E-state index is 6.10. The van der Waals surface area contributed by atoms with Gasteiger partial charge in [0.2, 0.25) is 0 Å². The Kier molecular flexibility index (Phi) is 6.09. The smallest absolute Gasteiger partial charge is 0.404 e. The van der Waals surface area contributed by atoms with Crippen molar-refractivity contribution in [1.82, 2.24) is 4.98 Å². The standard InChI is InChI=1S/C19H29BN4O4/c1-18(2)19(3,4)28-20(27-18)16-7-13(10-24-17(16)22)14(8-21)9-23-11-15-12-25-5-6-26-15/h7-10,15H,5-6,11-12,21H2,1-4H3,(H2,22,24)/t15-/m0/s1. The van der Waals surface area contributed by atoms with Crippen molar-refractivity contribution in [2.45, 2.75) is 45.0 Å². The lowest BCUT2D eigenvalue weighted by molar-refractivity contribution is -0.0832. The van der Waals surface area contributed by atoms with E-state index in [9.17, 15) is 0 Å². The maximum Gasteiger partial charge on any atom is 0.498 e. The molecule has 0 unspecified atom stereocenters. The van der Waals surface area contributed by atoms with E-state index in [-0.39, 0.29) is 6.10 Å². The predicted octanol–water partition coefficient (Wildman–Crippen LogP) is 0.749. The van der Waals surface area contributed by atoms with Gasteiger partial charge in [-0.1, -0.05) is 0 Å². The first-order valence-corrected chi connectivity index (χ1v) is 9.46. The molecule has 8 nitrogen and oxygen atoms in total. The number of ether oxygens (including phenoxy) is 2. The second-order valence-electron chi connectivity index (χ2n) is 7.97. The Bertz CT molecular complexity index is 744. The number of allylic oxidation sites excluding steroid dienone is 1. The molecule has 0 spiro atoms. The Labute approximate surface area is 166 Å². The second kappa shape index (κ2) is 8.20. The van der Waals surface area contributed by atoms with Crippen molar-refractivity contribution in [2.75, 3.05) is 32.1 Å². The van der Waals surface area contributed by atoms with Crippen LogP contribution in [0.15, 0.2) is 23.5 Å². The number of nitrogens with two attached hydrogens (primary N) is 2. The molecule has 2 saturated heterocycles. The number of hydrogen-bond acceptors (Lipinski definition) is 8. The van der Waals surface area contributed by atoms with Crippen molar-refractivity contribution in [3.8, 4) is 0 Å². The van der Waals surface area contributed by atoms with Crippen LogP contribution in [0.4, 0.5) is 5.82 Å². The Morgan fingerprint density at radius 2 is 2.00 bits per heavy atom. The Balaban J connectivity index is 1.76. The average molecular weight is 388 g/mol. The van der Waals surface area contributed by atoms with E-state index in [4.69, 9.17) is 30.2 Å². The molecule has 0 saturated carbocycles. The third-order valence-electron chi connectivity index (χ3n) is 5.39. The van der Waals surface area contributed by atoms with Crippen molar-refractivity contribution >= 4 is 30.2 Å². The zero-order valence-corrected chi connectivity index (χ0v) is 17.0. The van der Waals surface area contributed by atoms with Gasteiger partial charge in [-0.15, -0.1) is 0 Å². The van der Waals surface area contributed by atoms with Crippen molar-refractivity contribution in [1.29, 1.82) is 0 Å². The third kappa shape index (κ3) is 4.38. The van der Waals surface area contributed by atoms with Gasteiger partial charge in [0.25, 0.3) is 0 Å². The molecule has 1 aromatic rings. The van der Waals surface area contributed by atoms with Crippen LogP contribution < -0.4 is 16.9 Å². The average Bonchev–Trinajstić information content (AvgIpc) is 2.87. The van der Waals surface area contributed by atoms with Gasteiger partial charge in [-0.05, 0) is 33.8 Å². The van der Waals surface area contributed by atoms with E-state index in [2.05, 4.69) is 9.98 Å². The maximum absolute atomic E-state index is 6.10. The highest BCUT2D eigenvalue weighted by Gasteiger charge is 2.52. The summed E-state index contributed by atoms with van der Waals surface area (Å²) in [5.74, 6) is 0.364. The largest absolute Gasteiger partial charge is 0.498 e. The molecule has 0 bridgehead atoms. The molecule has 28 heavy (non-hydrogen) atoms. The quantitative estimate of drug-likeness (QED) is 0.565. The molecule has 0 amide bonds. The van der Waals surface area contributed by atoms with Gasteiger partial charge >= 0.3 is 7.12 Å². The molecule has 1 atom stereocenters. The van der Waals surface area contributed by atoms with E-state index in [0.717, 1.165) is 11.1 Å². The van der Waals surface area contributed by atoms with E-state index < -0.39 is 18.3 Å². The minimum Gasteiger partial charge on any atom is -0.404 e. The van der Waals surface area contributed by atoms with Crippen molar-refractivity contribution < 1.29 is 18.8 Å². The molecule has 4 N–H and O–H groups in total. The summed E-state index contributed by atoms with van der Waals surface area (Å²) in [6, 6.07) is 1.88. The summed E-state index contributed by atoms with van der Waals surface area (Å²) in [6.45, 7) is 10.3. The van der Waals surface area contributed by atoms with Gasteiger partial charge in [-0.2, -0.15) is 0 Å². The van der Waals surface area contributed by atoms with Crippen LogP contribution >= 0.6 is 0 Å². The normalized spacial score (nSPS) is 24.8. The van der Waals surface area contributed by atoms with E-state index >= 15 is 0 Å². The summed E-state index contributed by atoms with van der Waals surface area (Å²) < 4.78 is 23.2. The van der Waals surface area contributed by atoms with E-state index in [1.165, 1.54) is 6.20 Å². The fourth-order valence-corrected chi connectivity index (χ4v) is 2.93. The van der Waals surface area contributed by atoms with Gasteiger partial charge < -0.3 is 30.2 Å². The van der Waals surface area contributed by atoms with Crippen LogP contribution in [0, 0.1) is 0 Å². The van der Waals surface area contributed by atoms with Gasteiger partial charge in [0.1, 0.15) is 11.9 Å². The van der Waals surface area contributed by atoms with Crippen molar-refractivity contribution in [3.63, 3.8) is 0 Å². The number of pyridine rings is 1. The number of anilines is 1. The molecule has 0 aliphatic carbocycles. The molecule has 1 aromatic heterocycles. The second-order valence-corrected chi connectivity index (χ2v) is 7.97. The molecule has 2 aliphatic heterocycles. The summed E-state index contributed by atoms with van der Waals surface area (Å²) >= 11 is 0. The summed E-state index contributed by atoms with van der Waals surface area (Å²) in [7, 11) is -0.596. The van der Waals surface area contributed by atoms with Crippen LogP contribution in [0.25, 0.3) is 5.57 Å². The number of nitrogen functional groups attached to an aromatic ring is 1. The highest BCUT2D eigenvalue weighted by molar-refractivity contribution is 6.63. The number of aromatic nitrogens is 1. The lowest BCUT2D eigenvalue weighted by Crippen LogP contribution is -2.41. The molecule has 3 rings (SSSR count). The van der Waals surface area contributed by atoms with Gasteiger partial charge in [-0.25, -0.2) is 4.98 Å².